The zero-order valence-corrected chi connectivity index (χ0v) is 11.3. The van der Waals surface area contributed by atoms with E-state index >= 15 is 0 Å². The summed E-state index contributed by atoms with van der Waals surface area (Å²) >= 11 is 0. The van der Waals surface area contributed by atoms with Gasteiger partial charge in [0.15, 0.2) is 0 Å². The quantitative estimate of drug-likeness (QED) is 0.727. The fourth-order valence-electron chi connectivity index (χ4n) is 2.06. The van der Waals surface area contributed by atoms with Crippen LogP contribution in [-0.4, -0.2) is 18.7 Å². The number of benzene rings is 1. The van der Waals surface area contributed by atoms with Crippen molar-refractivity contribution in [2.24, 2.45) is 0 Å². The molecular formula is C15H25NO. The molecule has 0 aliphatic heterocycles. The highest BCUT2D eigenvalue weighted by Gasteiger charge is 2.12. The highest BCUT2D eigenvalue weighted by Crippen LogP contribution is 2.27. The normalized spacial score (nSPS) is 12.5. The van der Waals surface area contributed by atoms with Crippen LogP contribution in [0.5, 0.6) is 0 Å². The van der Waals surface area contributed by atoms with E-state index in [4.69, 9.17) is 0 Å². The Bertz CT molecular complexity index is 324. The zero-order valence-electron chi connectivity index (χ0n) is 11.3. The molecule has 1 aromatic carbocycles. The number of hydrogen-bond acceptors (Lipinski definition) is 2. The summed E-state index contributed by atoms with van der Waals surface area (Å²) in [4.78, 5) is 2.25. The van der Waals surface area contributed by atoms with Gasteiger partial charge in [-0.15, -0.1) is 0 Å². The maximum atomic E-state index is 10.0. The van der Waals surface area contributed by atoms with Gasteiger partial charge < -0.3 is 10.0 Å². The van der Waals surface area contributed by atoms with Gasteiger partial charge in [0.2, 0.25) is 0 Å². The van der Waals surface area contributed by atoms with Crippen LogP contribution in [-0.2, 0) is 0 Å². The molecule has 0 unspecified atom stereocenters. The first-order valence-electron chi connectivity index (χ1n) is 6.68. The third kappa shape index (κ3) is 4.04. The van der Waals surface area contributed by atoms with Gasteiger partial charge in [0.1, 0.15) is 0 Å². The molecule has 17 heavy (non-hydrogen) atoms. The van der Waals surface area contributed by atoms with Gasteiger partial charge in [0.25, 0.3) is 0 Å². The van der Waals surface area contributed by atoms with Crippen molar-refractivity contribution < 1.29 is 5.11 Å². The van der Waals surface area contributed by atoms with Crippen molar-refractivity contribution in [1.29, 1.82) is 0 Å². The summed E-state index contributed by atoms with van der Waals surface area (Å²) in [6.07, 6.45) is 4.14. The second-order valence-electron chi connectivity index (χ2n) is 4.61. The van der Waals surface area contributed by atoms with E-state index in [0.29, 0.717) is 0 Å². The lowest BCUT2D eigenvalue weighted by molar-refractivity contribution is 0.174. The molecule has 2 heteroatoms. The predicted octanol–water partition coefficient (Wildman–Crippen LogP) is 3.76. The molecule has 96 valence electrons. The molecule has 0 bridgehead atoms. The van der Waals surface area contributed by atoms with Crippen molar-refractivity contribution in [3.8, 4) is 0 Å². The Kier molecular flexibility index (Phi) is 6.06. The Morgan fingerprint density at radius 1 is 1.18 bits per heavy atom. The molecule has 0 spiro atoms. The van der Waals surface area contributed by atoms with Gasteiger partial charge in [0, 0.05) is 24.8 Å². The van der Waals surface area contributed by atoms with Crippen LogP contribution in [0.1, 0.15) is 51.2 Å². The van der Waals surface area contributed by atoms with Gasteiger partial charge in [-0.3, -0.25) is 0 Å². The van der Waals surface area contributed by atoms with E-state index in [1.165, 1.54) is 19.3 Å². The summed E-state index contributed by atoms with van der Waals surface area (Å²) in [6, 6.07) is 8.16. The predicted molar refractivity (Wildman–Crippen MR) is 74.5 cm³/mol. The molecule has 1 aromatic rings. The summed E-state index contributed by atoms with van der Waals surface area (Å²) in [5.41, 5.74) is 2.21. The van der Waals surface area contributed by atoms with Gasteiger partial charge >= 0.3 is 0 Å². The van der Waals surface area contributed by atoms with E-state index in [0.717, 1.165) is 24.2 Å². The maximum Gasteiger partial charge on any atom is 0.0807 e. The topological polar surface area (TPSA) is 23.5 Å². The van der Waals surface area contributed by atoms with Gasteiger partial charge in [-0.1, -0.05) is 44.9 Å². The van der Waals surface area contributed by atoms with Crippen LogP contribution in [0.25, 0.3) is 0 Å². The number of aliphatic hydroxyl groups is 1. The van der Waals surface area contributed by atoms with Crippen molar-refractivity contribution in [3.05, 3.63) is 29.8 Å². The fraction of sp³-hybridized carbons (Fsp3) is 0.600. The van der Waals surface area contributed by atoms with E-state index in [1.54, 1.807) is 0 Å². The van der Waals surface area contributed by atoms with Crippen LogP contribution in [0.2, 0.25) is 0 Å². The molecule has 1 rings (SSSR count). The van der Waals surface area contributed by atoms with Crippen molar-refractivity contribution >= 4 is 5.69 Å². The fourth-order valence-corrected chi connectivity index (χ4v) is 2.06. The van der Waals surface area contributed by atoms with E-state index in [1.807, 2.05) is 25.1 Å². The standard InChI is InChI=1S/C15H25NO/c1-4-6-9-12-16(3)14-11-8-7-10-13(14)15(17)5-2/h7-8,10-11,15,17H,4-6,9,12H2,1-3H3/t15-/m1/s1. The number of hydrogen-bond donors (Lipinski definition) is 1. The molecule has 0 saturated heterocycles. The molecule has 0 aliphatic rings. The Morgan fingerprint density at radius 3 is 2.53 bits per heavy atom. The third-order valence-corrected chi connectivity index (χ3v) is 3.19. The van der Waals surface area contributed by atoms with Gasteiger partial charge in [-0.2, -0.15) is 0 Å². The van der Waals surface area contributed by atoms with Crippen molar-refractivity contribution in [3.63, 3.8) is 0 Å². The van der Waals surface area contributed by atoms with Crippen LogP contribution < -0.4 is 4.90 Å². The molecule has 0 saturated carbocycles. The first kappa shape index (κ1) is 14.0. The SMILES string of the molecule is CCCCCN(C)c1ccccc1[C@H](O)CC. The summed E-state index contributed by atoms with van der Waals surface area (Å²) < 4.78 is 0. The number of nitrogens with zero attached hydrogens (tertiary/aromatic N) is 1. The second-order valence-corrected chi connectivity index (χ2v) is 4.61. The van der Waals surface area contributed by atoms with Crippen LogP contribution in [0.15, 0.2) is 24.3 Å². The van der Waals surface area contributed by atoms with Crippen LogP contribution in [0.4, 0.5) is 5.69 Å². The highest BCUT2D eigenvalue weighted by molar-refractivity contribution is 5.54. The molecular weight excluding hydrogens is 210 g/mol. The van der Waals surface area contributed by atoms with Crippen LogP contribution in [0.3, 0.4) is 0 Å². The van der Waals surface area contributed by atoms with E-state index in [2.05, 4.69) is 24.9 Å². The lowest BCUT2D eigenvalue weighted by Crippen LogP contribution is -2.20. The first-order chi connectivity index (χ1) is 8.20. The summed E-state index contributed by atoms with van der Waals surface area (Å²) in [5.74, 6) is 0. The molecule has 0 fully saturated rings. The molecule has 0 amide bonds. The van der Waals surface area contributed by atoms with Crippen molar-refractivity contribution in [2.75, 3.05) is 18.5 Å². The van der Waals surface area contributed by atoms with Gasteiger partial charge in [0.05, 0.1) is 6.10 Å². The number of unbranched alkanes of at least 4 members (excludes halogenated alkanes) is 2. The first-order valence-corrected chi connectivity index (χ1v) is 6.68. The minimum Gasteiger partial charge on any atom is -0.388 e. The number of rotatable bonds is 7. The average Bonchev–Trinajstić information content (AvgIpc) is 2.38. The number of para-hydroxylation sites is 1. The monoisotopic (exact) mass is 235 g/mol. The highest BCUT2D eigenvalue weighted by atomic mass is 16.3. The molecule has 1 N–H and O–H groups in total. The smallest absolute Gasteiger partial charge is 0.0807 e. The minimum atomic E-state index is -0.347. The second kappa shape index (κ2) is 7.33. The molecule has 1 atom stereocenters. The van der Waals surface area contributed by atoms with E-state index in [-0.39, 0.29) is 6.10 Å². The Balaban J connectivity index is 2.74. The Labute approximate surface area is 105 Å². The molecule has 0 aromatic heterocycles. The zero-order chi connectivity index (χ0) is 12.7. The van der Waals surface area contributed by atoms with Gasteiger partial charge in [-0.05, 0) is 18.9 Å². The van der Waals surface area contributed by atoms with Gasteiger partial charge in [-0.25, -0.2) is 0 Å². The van der Waals surface area contributed by atoms with E-state index < -0.39 is 0 Å². The van der Waals surface area contributed by atoms with Crippen molar-refractivity contribution in [1.82, 2.24) is 0 Å². The van der Waals surface area contributed by atoms with Crippen LogP contribution in [0, 0.1) is 0 Å². The van der Waals surface area contributed by atoms with Crippen LogP contribution >= 0.6 is 0 Å². The number of aliphatic hydroxyl groups excluding tert-OH is 1. The number of anilines is 1. The summed E-state index contributed by atoms with van der Waals surface area (Å²) in [6.45, 7) is 5.29. The Morgan fingerprint density at radius 2 is 1.88 bits per heavy atom. The minimum absolute atomic E-state index is 0.347. The lowest BCUT2D eigenvalue weighted by Gasteiger charge is -2.24. The lowest BCUT2D eigenvalue weighted by atomic mass is 10.0. The molecule has 2 nitrogen and oxygen atoms in total. The molecule has 0 heterocycles. The maximum absolute atomic E-state index is 10.0. The summed E-state index contributed by atoms with van der Waals surface area (Å²) in [7, 11) is 2.11. The van der Waals surface area contributed by atoms with E-state index in [9.17, 15) is 5.11 Å². The van der Waals surface area contributed by atoms with Crippen molar-refractivity contribution in [2.45, 2.75) is 45.6 Å². The molecule has 0 aliphatic carbocycles. The third-order valence-electron chi connectivity index (χ3n) is 3.19. The largest absolute Gasteiger partial charge is 0.388 e. The average molecular weight is 235 g/mol. The molecule has 0 radical (unpaired) electrons. The summed E-state index contributed by atoms with van der Waals surface area (Å²) in [5, 5.41) is 10.0. The Hall–Kier alpha value is -1.02.